The lowest BCUT2D eigenvalue weighted by Gasteiger charge is -2.32. The zero-order chi connectivity index (χ0) is 37.8. The van der Waals surface area contributed by atoms with Gasteiger partial charge < -0.3 is 10.2 Å². The highest BCUT2D eigenvalue weighted by Crippen LogP contribution is 2.56. The fourth-order valence-electron chi connectivity index (χ4n) is 9.66. The first-order valence-corrected chi connectivity index (χ1v) is 19.6. The van der Waals surface area contributed by atoms with Crippen molar-refractivity contribution in [2.75, 3.05) is 26.2 Å². The van der Waals surface area contributed by atoms with Crippen LogP contribution in [0.4, 0.5) is 0 Å². The van der Waals surface area contributed by atoms with E-state index in [1.165, 1.54) is 44.5 Å². The molecule has 8 rings (SSSR count). The topological polar surface area (TPSA) is 46.9 Å². The maximum Gasteiger partial charge on any atom is 0.124 e. The van der Waals surface area contributed by atoms with Crippen molar-refractivity contribution >= 4 is 0 Å². The third-order valence-electron chi connectivity index (χ3n) is 12.6. The molecule has 54 heavy (non-hydrogen) atoms. The van der Waals surface area contributed by atoms with Gasteiger partial charge in [0, 0.05) is 59.3 Å². The van der Waals surface area contributed by atoms with Gasteiger partial charge in [0.1, 0.15) is 11.5 Å². The number of fused-ring (bicyclic) bond motifs is 6. The van der Waals surface area contributed by atoms with Gasteiger partial charge in [-0.3, -0.25) is 9.80 Å². The Morgan fingerprint density at radius 1 is 0.444 bits per heavy atom. The van der Waals surface area contributed by atoms with Gasteiger partial charge >= 0.3 is 0 Å². The molecule has 6 aromatic carbocycles. The van der Waals surface area contributed by atoms with Crippen LogP contribution in [0.25, 0.3) is 22.3 Å². The molecule has 0 bridgehead atoms. The first-order valence-electron chi connectivity index (χ1n) is 19.6. The molecule has 6 aromatic rings. The van der Waals surface area contributed by atoms with E-state index in [2.05, 4.69) is 173 Å². The molecule has 0 saturated heterocycles. The largest absolute Gasteiger partial charge is 0.507 e. The van der Waals surface area contributed by atoms with E-state index < -0.39 is 10.8 Å². The van der Waals surface area contributed by atoms with Crippen LogP contribution in [0.3, 0.4) is 0 Å². The number of phenolic OH excluding ortho intramolecular Hbond substituents is 2. The van der Waals surface area contributed by atoms with Gasteiger partial charge in [-0.25, -0.2) is 0 Å². The molecule has 0 atom stereocenters. The number of nitrogens with zero attached hydrogens (tertiary/aromatic N) is 2. The molecule has 0 saturated carbocycles. The second-order valence-electron chi connectivity index (χ2n) is 15.8. The Hall–Kier alpha value is -5.16. The molecular formula is C50H52N2O2. The summed E-state index contributed by atoms with van der Waals surface area (Å²) in [5.41, 5.74) is 15.2. The highest BCUT2D eigenvalue weighted by molar-refractivity contribution is 5.85. The Labute approximate surface area is 321 Å². The maximum atomic E-state index is 12.1. The third-order valence-corrected chi connectivity index (χ3v) is 12.6. The number of aromatic hydroxyl groups is 2. The molecule has 0 aromatic heterocycles. The third kappa shape index (κ3) is 5.66. The fraction of sp³-hybridized carbons (Fsp3) is 0.280. The van der Waals surface area contributed by atoms with Crippen molar-refractivity contribution in [1.82, 2.24) is 9.80 Å². The number of hydrogen-bond acceptors (Lipinski definition) is 4. The number of phenols is 2. The molecule has 0 aliphatic heterocycles. The normalized spacial score (nSPS) is 14.6. The maximum absolute atomic E-state index is 12.1. The summed E-state index contributed by atoms with van der Waals surface area (Å²) >= 11 is 0. The number of likely N-dealkylation sites (N-methyl/N-ethyl adjacent to an activating group) is 2. The molecule has 274 valence electrons. The molecule has 0 spiro atoms. The van der Waals surface area contributed by atoms with Crippen molar-refractivity contribution < 1.29 is 10.2 Å². The molecule has 0 radical (unpaired) electrons. The zero-order valence-electron chi connectivity index (χ0n) is 32.6. The van der Waals surface area contributed by atoms with E-state index >= 15 is 0 Å². The smallest absolute Gasteiger partial charge is 0.124 e. The number of benzene rings is 6. The predicted molar refractivity (Wildman–Crippen MR) is 222 cm³/mol. The first kappa shape index (κ1) is 35.8. The standard InChI is InChI=1S/C50H52N2O2/c1-7-51(31-35-27-33(3)29-45(47(35)53)49(5)41-21-13-9-17-37(41)38-18-10-14-22-42(38)49)25-26-52(8-2)32-36-28-34(4)30-46(48(36)54)50(6)43-23-15-11-19-39(43)40-20-12-16-24-44(40)50/h9-24,27-30,53-54H,7-8,25-26,31-32H2,1-6H3. The number of hydrogen-bond donors (Lipinski definition) is 2. The van der Waals surface area contributed by atoms with Crippen molar-refractivity contribution in [3.8, 4) is 33.8 Å². The van der Waals surface area contributed by atoms with Crippen molar-refractivity contribution in [3.05, 3.63) is 177 Å². The van der Waals surface area contributed by atoms with Crippen molar-refractivity contribution in [3.63, 3.8) is 0 Å². The van der Waals surface area contributed by atoms with Crippen LogP contribution in [-0.2, 0) is 23.9 Å². The average molecular weight is 713 g/mol. The summed E-state index contributed by atoms with van der Waals surface area (Å²) < 4.78 is 0. The molecule has 2 N–H and O–H groups in total. The lowest BCUT2D eigenvalue weighted by Crippen LogP contribution is -2.35. The van der Waals surface area contributed by atoms with Crippen molar-refractivity contribution in [1.29, 1.82) is 0 Å². The van der Waals surface area contributed by atoms with Crippen LogP contribution < -0.4 is 0 Å². The van der Waals surface area contributed by atoms with Gasteiger partial charge in [0.25, 0.3) is 0 Å². The van der Waals surface area contributed by atoms with Gasteiger partial charge in [-0.05, 0) is 85.3 Å². The van der Waals surface area contributed by atoms with Gasteiger partial charge in [-0.15, -0.1) is 0 Å². The van der Waals surface area contributed by atoms with E-state index in [-0.39, 0.29) is 0 Å². The van der Waals surface area contributed by atoms with E-state index in [0.717, 1.165) is 59.6 Å². The van der Waals surface area contributed by atoms with Gasteiger partial charge in [0.15, 0.2) is 0 Å². The van der Waals surface area contributed by atoms with E-state index in [9.17, 15) is 10.2 Å². The fourth-order valence-corrected chi connectivity index (χ4v) is 9.66. The van der Waals surface area contributed by atoms with Crippen LogP contribution in [0.15, 0.2) is 121 Å². The highest BCUT2D eigenvalue weighted by Gasteiger charge is 2.44. The summed E-state index contributed by atoms with van der Waals surface area (Å²) in [5.74, 6) is 0.780. The Morgan fingerprint density at radius 2 is 0.741 bits per heavy atom. The lowest BCUT2D eigenvalue weighted by atomic mass is 9.73. The summed E-state index contributed by atoms with van der Waals surface area (Å²) in [7, 11) is 0. The van der Waals surface area contributed by atoms with Crippen LogP contribution in [-0.4, -0.2) is 46.2 Å². The summed E-state index contributed by atoms with van der Waals surface area (Å²) in [5, 5.41) is 24.2. The van der Waals surface area contributed by atoms with E-state index in [1.807, 2.05) is 0 Å². The summed E-state index contributed by atoms with van der Waals surface area (Å²) in [6, 6.07) is 43.2. The van der Waals surface area contributed by atoms with Crippen LogP contribution in [0, 0.1) is 13.8 Å². The average Bonchev–Trinajstić information content (AvgIpc) is 3.61. The summed E-state index contributed by atoms with van der Waals surface area (Å²) in [6.45, 7) is 17.9. The van der Waals surface area contributed by atoms with Gasteiger partial charge in [-0.1, -0.05) is 146 Å². The molecular weight excluding hydrogens is 661 g/mol. The first-order chi connectivity index (χ1) is 26.1. The van der Waals surface area contributed by atoms with E-state index in [4.69, 9.17) is 0 Å². The minimum absolute atomic E-state index is 0.390. The molecule has 0 unspecified atom stereocenters. The summed E-state index contributed by atoms with van der Waals surface area (Å²) in [6.07, 6.45) is 0. The molecule has 2 aliphatic rings. The van der Waals surface area contributed by atoms with Crippen LogP contribution in [0.1, 0.15) is 83.3 Å². The predicted octanol–water partition coefficient (Wildman–Crippen LogP) is 10.7. The Morgan fingerprint density at radius 3 is 1.04 bits per heavy atom. The van der Waals surface area contributed by atoms with Crippen LogP contribution in [0.5, 0.6) is 11.5 Å². The van der Waals surface area contributed by atoms with Crippen LogP contribution >= 0.6 is 0 Å². The highest BCUT2D eigenvalue weighted by atomic mass is 16.3. The monoisotopic (exact) mass is 712 g/mol. The molecule has 2 aliphatic carbocycles. The summed E-state index contributed by atoms with van der Waals surface area (Å²) in [4.78, 5) is 4.85. The Bertz CT molecular complexity index is 2120. The Kier molecular flexibility index (Phi) is 9.24. The molecule has 0 fully saturated rings. The van der Waals surface area contributed by atoms with Crippen molar-refractivity contribution in [2.45, 2.75) is 65.5 Å². The number of aryl methyl sites for hydroxylation is 2. The minimum Gasteiger partial charge on any atom is -0.507 e. The van der Waals surface area contributed by atoms with Gasteiger partial charge in [-0.2, -0.15) is 0 Å². The second kappa shape index (κ2) is 13.9. The quantitative estimate of drug-likeness (QED) is 0.140. The molecule has 0 heterocycles. The molecule has 4 heteroatoms. The lowest BCUT2D eigenvalue weighted by molar-refractivity contribution is 0.202. The van der Waals surface area contributed by atoms with Crippen LogP contribution in [0.2, 0.25) is 0 Å². The van der Waals surface area contributed by atoms with E-state index in [0.29, 0.717) is 24.6 Å². The SMILES string of the molecule is CCN(CCN(CC)Cc1cc(C)cc(C2(C)c3ccccc3-c3ccccc32)c1O)Cc1cc(C)cc(C2(C)c3ccccc3-c3ccccc32)c1O. The Balaban J connectivity index is 1.04. The van der Waals surface area contributed by atoms with E-state index in [1.54, 1.807) is 0 Å². The molecule has 0 amide bonds. The molecule has 4 nitrogen and oxygen atoms in total. The second-order valence-corrected chi connectivity index (χ2v) is 15.8. The zero-order valence-corrected chi connectivity index (χ0v) is 32.6. The number of rotatable bonds is 11. The van der Waals surface area contributed by atoms with Gasteiger partial charge in [0.2, 0.25) is 0 Å². The van der Waals surface area contributed by atoms with Gasteiger partial charge in [0.05, 0.1) is 0 Å². The minimum atomic E-state index is -0.456. The van der Waals surface area contributed by atoms with Crippen molar-refractivity contribution in [2.24, 2.45) is 0 Å².